The largest absolute Gasteiger partial charge is 0.385 e. The highest BCUT2D eigenvalue weighted by Crippen LogP contribution is 2.11. The minimum Gasteiger partial charge on any atom is -0.385 e. The summed E-state index contributed by atoms with van der Waals surface area (Å²) >= 11 is 0. The van der Waals surface area contributed by atoms with E-state index in [1.165, 1.54) is 0 Å². The topological polar surface area (TPSA) is 46.2 Å². The highest BCUT2D eigenvalue weighted by atomic mass is 16.2. The quantitative estimate of drug-likeness (QED) is 0.668. The second kappa shape index (κ2) is 3.09. The zero-order valence-corrected chi connectivity index (χ0v) is 7.60. The summed E-state index contributed by atoms with van der Waals surface area (Å²) in [5.74, 6) is 0.417. The van der Waals surface area contributed by atoms with E-state index in [9.17, 15) is 9.59 Å². The average Bonchev–Trinajstić information content (AvgIpc) is 2.03. The molecule has 0 fully saturated rings. The fourth-order valence-corrected chi connectivity index (χ4v) is 1.31. The van der Waals surface area contributed by atoms with E-state index >= 15 is 0 Å². The molecule has 0 aliphatic carbocycles. The SMILES string of the molecule is CNc1c(CC(C)C)c(=O)c1=O. The van der Waals surface area contributed by atoms with E-state index in [1.807, 2.05) is 13.8 Å². The molecule has 0 bridgehead atoms. The molecule has 3 nitrogen and oxygen atoms in total. The molecule has 1 N–H and O–H groups in total. The van der Waals surface area contributed by atoms with Gasteiger partial charge in [0.15, 0.2) is 0 Å². The van der Waals surface area contributed by atoms with Gasteiger partial charge in [-0.2, -0.15) is 0 Å². The first-order valence-electron chi connectivity index (χ1n) is 4.07. The van der Waals surface area contributed by atoms with E-state index < -0.39 is 0 Å². The summed E-state index contributed by atoms with van der Waals surface area (Å²) in [6.45, 7) is 4.05. The number of nitrogens with one attached hydrogen (secondary N) is 1. The van der Waals surface area contributed by atoms with Crippen molar-refractivity contribution in [1.29, 1.82) is 0 Å². The predicted octanol–water partition coefficient (Wildman–Crippen LogP) is 0.523. The van der Waals surface area contributed by atoms with Crippen molar-refractivity contribution in [3.05, 3.63) is 26.0 Å². The molecule has 12 heavy (non-hydrogen) atoms. The molecule has 1 aromatic carbocycles. The second-order valence-electron chi connectivity index (χ2n) is 3.36. The Balaban J connectivity index is 2.94. The van der Waals surface area contributed by atoms with Crippen molar-refractivity contribution >= 4 is 5.69 Å². The maximum atomic E-state index is 11.0. The Labute approximate surface area is 71.1 Å². The molecule has 66 valence electrons. The Kier molecular flexibility index (Phi) is 2.31. The van der Waals surface area contributed by atoms with E-state index in [-0.39, 0.29) is 10.9 Å². The lowest BCUT2D eigenvalue weighted by Crippen LogP contribution is -2.38. The number of anilines is 1. The van der Waals surface area contributed by atoms with Crippen LogP contribution in [0.3, 0.4) is 0 Å². The van der Waals surface area contributed by atoms with E-state index in [1.54, 1.807) is 7.05 Å². The first-order valence-corrected chi connectivity index (χ1v) is 4.07. The maximum Gasteiger partial charge on any atom is 0.249 e. The minimum absolute atomic E-state index is 0.312. The first kappa shape index (κ1) is 8.97. The first-order chi connectivity index (χ1) is 5.57. The predicted molar refractivity (Wildman–Crippen MR) is 49.4 cm³/mol. The molecule has 0 radical (unpaired) electrons. The normalized spacial score (nSPS) is 11.0. The molecule has 0 atom stereocenters. The van der Waals surface area contributed by atoms with Gasteiger partial charge in [0.2, 0.25) is 10.9 Å². The van der Waals surface area contributed by atoms with Gasteiger partial charge in [0.25, 0.3) is 0 Å². The Morgan fingerprint density at radius 2 is 1.83 bits per heavy atom. The third-order valence-corrected chi connectivity index (χ3v) is 1.87. The van der Waals surface area contributed by atoms with Gasteiger partial charge in [-0.05, 0) is 12.3 Å². The van der Waals surface area contributed by atoms with Crippen LogP contribution in [0.25, 0.3) is 0 Å². The number of hydrogen-bond acceptors (Lipinski definition) is 3. The lowest BCUT2D eigenvalue weighted by Gasteiger charge is -2.11. The van der Waals surface area contributed by atoms with Crippen LogP contribution in [0.2, 0.25) is 0 Å². The summed E-state index contributed by atoms with van der Waals surface area (Å²) in [5.41, 5.74) is 0.493. The van der Waals surface area contributed by atoms with E-state index in [0.717, 1.165) is 0 Å². The van der Waals surface area contributed by atoms with Gasteiger partial charge in [0.1, 0.15) is 0 Å². The molecule has 0 aliphatic rings. The lowest BCUT2D eigenvalue weighted by atomic mass is 9.97. The minimum atomic E-state index is -0.367. The Morgan fingerprint density at radius 1 is 1.25 bits per heavy atom. The fourth-order valence-electron chi connectivity index (χ4n) is 1.31. The molecular weight excluding hydrogens is 154 g/mol. The zero-order chi connectivity index (χ0) is 9.30. The highest BCUT2D eigenvalue weighted by molar-refractivity contribution is 5.56. The molecule has 0 aliphatic heterocycles. The standard InChI is InChI=1S/C9H13NO2/c1-5(2)4-6-7(10-3)9(12)8(6)11/h5,10H,4H2,1-3H3. The third-order valence-electron chi connectivity index (χ3n) is 1.87. The van der Waals surface area contributed by atoms with Gasteiger partial charge in [-0.1, -0.05) is 13.8 Å². The Hall–Kier alpha value is -1.12. The fraction of sp³-hybridized carbons (Fsp3) is 0.556. The molecule has 1 rings (SSSR count). The van der Waals surface area contributed by atoms with E-state index in [4.69, 9.17) is 0 Å². The van der Waals surface area contributed by atoms with Crippen molar-refractivity contribution in [3.8, 4) is 0 Å². The summed E-state index contributed by atoms with van der Waals surface area (Å²) < 4.78 is 0. The summed E-state index contributed by atoms with van der Waals surface area (Å²) in [6, 6.07) is 0. The van der Waals surface area contributed by atoms with Crippen LogP contribution in [0.4, 0.5) is 5.69 Å². The van der Waals surface area contributed by atoms with Gasteiger partial charge < -0.3 is 5.32 Å². The summed E-state index contributed by atoms with van der Waals surface area (Å²) in [7, 11) is 1.67. The Bertz CT molecular complexity index is 345. The number of rotatable bonds is 3. The smallest absolute Gasteiger partial charge is 0.249 e. The molecule has 0 spiro atoms. The summed E-state index contributed by atoms with van der Waals surface area (Å²) in [4.78, 5) is 21.9. The summed E-state index contributed by atoms with van der Waals surface area (Å²) in [6.07, 6.45) is 0.695. The van der Waals surface area contributed by atoms with Crippen LogP contribution in [0, 0.1) is 5.92 Å². The maximum absolute atomic E-state index is 11.0. The summed E-state index contributed by atoms with van der Waals surface area (Å²) in [5, 5.41) is 2.75. The van der Waals surface area contributed by atoms with Crippen molar-refractivity contribution in [2.45, 2.75) is 20.3 Å². The van der Waals surface area contributed by atoms with Gasteiger partial charge in [-0.3, -0.25) is 9.59 Å². The Morgan fingerprint density at radius 3 is 2.25 bits per heavy atom. The molecule has 3 heteroatoms. The number of hydrogen-bond donors (Lipinski definition) is 1. The van der Waals surface area contributed by atoms with Gasteiger partial charge in [-0.25, -0.2) is 0 Å². The monoisotopic (exact) mass is 167 g/mol. The van der Waals surface area contributed by atoms with Crippen LogP contribution in [0.5, 0.6) is 0 Å². The molecule has 0 amide bonds. The molecule has 0 saturated carbocycles. The van der Waals surface area contributed by atoms with Crippen molar-refractivity contribution < 1.29 is 0 Å². The third kappa shape index (κ3) is 1.26. The second-order valence-corrected chi connectivity index (χ2v) is 3.36. The van der Waals surface area contributed by atoms with Gasteiger partial charge >= 0.3 is 0 Å². The molecule has 0 heterocycles. The van der Waals surface area contributed by atoms with Crippen LogP contribution in [0.15, 0.2) is 9.59 Å². The van der Waals surface area contributed by atoms with Gasteiger partial charge in [-0.15, -0.1) is 0 Å². The average molecular weight is 167 g/mol. The zero-order valence-electron chi connectivity index (χ0n) is 7.60. The molecule has 0 aromatic heterocycles. The van der Waals surface area contributed by atoms with Crippen molar-refractivity contribution in [1.82, 2.24) is 0 Å². The van der Waals surface area contributed by atoms with Crippen LogP contribution < -0.4 is 16.2 Å². The molecule has 0 saturated heterocycles. The van der Waals surface area contributed by atoms with E-state index in [0.29, 0.717) is 23.6 Å². The van der Waals surface area contributed by atoms with Crippen LogP contribution in [-0.2, 0) is 6.42 Å². The van der Waals surface area contributed by atoms with Crippen molar-refractivity contribution in [2.24, 2.45) is 5.92 Å². The van der Waals surface area contributed by atoms with Crippen molar-refractivity contribution in [3.63, 3.8) is 0 Å². The van der Waals surface area contributed by atoms with Gasteiger partial charge in [0.05, 0.1) is 5.69 Å². The highest BCUT2D eigenvalue weighted by Gasteiger charge is 2.19. The molecule has 1 aromatic rings. The van der Waals surface area contributed by atoms with Crippen LogP contribution in [0.1, 0.15) is 19.4 Å². The van der Waals surface area contributed by atoms with Gasteiger partial charge in [0, 0.05) is 12.6 Å². The van der Waals surface area contributed by atoms with Crippen molar-refractivity contribution in [2.75, 3.05) is 12.4 Å². The molecule has 0 unspecified atom stereocenters. The lowest BCUT2D eigenvalue weighted by molar-refractivity contribution is 0.642. The van der Waals surface area contributed by atoms with Crippen LogP contribution >= 0.6 is 0 Å². The van der Waals surface area contributed by atoms with E-state index in [2.05, 4.69) is 5.32 Å². The van der Waals surface area contributed by atoms with Crippen LogP contribution in [-0.4, -0.2) is 7.05 Å². The molecular formula is C9H13NO2.